The van der Waals surface area contributed by atoms with Crippen LogP contribution in [0.4, 0.5) is 0 Å². The highest BCUT2D eigenvalue weighted by Gasteiger charge is 2.07. The van der Waals surface area contributed by atoms with Crippen LogP contribution in [0.25, 0.3) is 0 Å². The van der Waals surface area contributed by atoms with Gasteiger partial charge in [0.25, 0.3) is 0 Å². The van der Waals surface area contributed by atoms with E-state index in [2.05, 4.69) is 12.2 Å². The second kappa shape index (κ2) is 7.45. The van der Waals surface area contributed by atoms with E-state index in [1.54, 1.807) is 0 Å². The summed E-state index contributed by atoms with van der Waals surface area (Å²) in [6.45, 7) is 2.16. The van der Waals surface area contributed by atoms with Crippen LogP contribution in [0.1, 0.15) is 44.7 Å². The average Bonchev–Trinajstić information content (AvgIpc) is 2.37. The van der Waals surface area contributed by atoms with E-state index >= 15 is 0 Å². The van der Waals surface area contributed by atoms with Gasteiger partial charge in [-0.2, -0.15) is 4.73 Å². The number of nitrogens with one attached hydrogen (secondary N) is 1. The second-order valence-corrected chi connectivity index (χ2v) is 4.45. The number of hydrogen-bond acceptors (Lipinski definition) is 4. The van der Waals surface area contributed by atoms with Crippen molar-refractivity contribution in [1.29, 1.82) is 0 Å². The van der Waals surface area contributed by atoms with Gasteiger partial charge in [0.2, 0.25) is 11.3 Å². The van der Waals surface area contributed by atoms with Crippen molar-refractivity contribution in [2.45, 2.75) is 45.6 Å². The SMILES string of the molecule is CCCCCCC(=O)NCc1cc(=O)c(O)cn1O. The number of aromatic hydroxyl groups is 1. The fraction of sp³-hybridized carbons (Fsp3) is 0.538. The molecule has 0 atom stereocenters. The van der Waals surface area contributed by atoms with E-state index in [9.17, 15) is 14.8 Å². The molecule has 6 nitrogen and oxygen atoms in total. The summed E-state index contributed by atoms with van der Waals surface area (Å²) in [5, 5.41) is 21.2. The molecular weight excluding hydrogens is 248 g/mol. The molecule has 0 fully saturated rings. The smallest absolute Gasteiger partial charge is 0.223 e. The summed E-state index contributed by atoms with van der Waals surface area (Å²) in [7, 11) is 0. The van der Waals surface area contributed by atoms with Crippen LogP contribution >= 0.6 is 0 Å². The summed E-state index contributed by atoms with van der Waals surface area (Å²) in [5.41, 5.74) is -0.359. The number of unbranched alkanes of at least 4 members (excludes halogenated alkanes) is 3. The van der Waals surface area contributed by atoms with Crippen LogP contribution in [0.15, 0.2) is 17.1 Å². The summed E-state index contributed by atoms with van der Waals surface area (Å²) in [6, 6.07) is 1.09. The highest BCUT2D eigenvalue weighted by molar-refractivity contribution is 5.75. The first-order valence-electron chi connectivity index (χ1n) is 6.45. The molecule has 0 unspecified atom stereocenters. The number of aromatic nitrogens is 1. The Balaban J connectivity index is 2.42. The lowest BCUT2D eigenvalue weighted by atomic mass is 10.1. The zero-order valence-corrected chi connectivity index (χ0v) is 11.1. The predicted molar refractivity (Wildman–Crippen MR) is 70.2 cm³/mol. The summed E-state index contributed by atoms with van der Waals surface area (Å²) in [6.07, 6.45) is 5.43. The van der Waals surface area contributed by atoms with Gasteiger partial charge < -0.3 is 15.6 Å². The Morgan fingerprint density at radius 2 is 2.11 bits per heavy atom. The number of nitrogens with zero attached hydrogens (tertiary/aromatic N) is 1. The summed E-state index contributed by atoms with van der Waals surface area (Å²) >= 11 is 0. The van der Waals surface area contributed by atoms with Crippen LogP contribution < -0.4 is 10.7 Å². The van der Waals surface area contributed by atoms with E-state index < -0.39 is 11.2 Å². The highest BCUT2D eigenvalue weighted by atomic mass is 16.5. The fourth-order valence-electron chi connectivity index (χ4n) is 1.68. The van der Waals surface area contributed by atoms with E-state index in [4.69, 9.17) is 5.11 Å². The first kappa shape index (κ1) is 15.1. The van der Waals surface area contributed by atoms with Crippen LogP contribution in [-0.2, 0) is 11.3 Å². The first-order chi connectivity index (χ1) is 9.04. The van der Waals surface area contributed by atoms with Crippen molar-refractivity contribution in [3.05, 3.63) is 28.2 Å². The standard InChI is InChI=1S/C13H20N2O4/c1-2-3-4-5-6-13(18)14-8-10-7-11(16)12(17)9-15(10)19/h7,9,17,19H,2-6,8H2,1H3,(H,14,18). The van der Waals surface area contributed by atoms with E-state index in [0.29, 0.717) is 11.2 Å². The molecule has 1 amide bonds. The molecule has 0 aromatic carbocycles. The summed E-state index contributed by atoms with van der Waals surface area (Å²) < 4.78 is 0.633. The Hall–Kier alpha value is -1.98. The third-order valence-corrected chi connectivity index (χ3v) is 2.81. The number of pyridine rings is 1. The molecule has 0 spiro atoms. The van der Waals surface area contributed by atoms with Crippen LogP contribution in [0.2, 0.25) is 0 Å². The van der Waals surface area contributed by atoms with Gasteiger partial charge in [0.05, 0.1) is 18.4 Å². The van der Waals surface area contributed by atoms with Gasteiger partial charge in [-0.05, 0) is 6.42 Å². The topological polar surface area (TPSA) is 91.6 Å². The van der Waals surface area contributed by atoms with Crippen molar-refractivity contribution in [3.8, 4) is 5.75 Å². The molecule has 0 aliphatic carbocycles. The zero-order chi connectivity index (χ0) is 14.3. The van der Waals surface area contributed by atoms with Crippen LogP contribution in [0.5, 0.6) is 5.75 Å². The Bertz CT molecular complexity index is 482. The molecule has 1 aromatic heterocycles. The minimum absolute atomic E-state index is 0.0542. The second-order valence-electron chi connectivity index (χ2n) is 4.45. The van der Waals surface area contributed by atoms with E-state index in [1.807, 2.05) is 0 Å². The third kappa shape index (κ3) is 5.03. The number of carbonyl (C=O) groups excluding carboxylic acids is 1. The van der Waals surface area contributed by atoms with Crippen molar-refractivity contribution in [2.75, 3.05) is 0 Å². The molecule has 1 rings (SSSR count). The van der Waals surface area contributed by atoms with Gasteiger partial charge in [0.1, 0.15) is 0 Å². The van der Waals surface area contributed by atoms with Crippen molar-refractivity contribution in [2.24, 2.45) is 0 Å². The highest BCUT2D eigenvalue weighted by Crippen LogP contribution is 2.04. The maximum Gasteiger partial charge on any atom is 0.223 e. The summed E-state index contributed by atoms with van der Waals surface area (Å²) in [4.78, 5) is 22.7. The van der Waals surface area contributed by atoms with Crippen molar-refractivity contribution in [3.63, 3.8) is 0 Å². The Labute approximate surface area is 111 Å². The average molecular weight is 268 g/mol. The van der Waals surface area contributed by atoms with Crippen molar-refractivity contribution in [1.82, 2.24) is 10.0 Å². The zero-order valence-electron chi connectivity index (χ0n) is 11.1. The van der Waals surface area contributed by atoms with E-state index in [1.165, 1.54) is 0 Å². The van der Waals surface area contributed by atoms with E-state index in [0.717, 1.165) is 37.9 Å². The van der Waals surface area contributed by atoms with Crippen molar-refractivity contribution < 1.29 is 15.1 Å². The van der Waals surface area contributed by atoms with Gasteiger partial charge in [0, 0.05) is 12.5 Å². The molecule has 0 saturated heterocycles. The molecule has 1 heterocycles. The number of rotatable bonds is 7. The molecule has 3 N–H and O–H groups in total. The lowest BCUT2D eigenvalue weighted by Crippen LogP contribution is -2.25. The molecule has 0 bridgehead atoms. The predicted octanol–water partition coefficient (Wildman–Crippen LogP) is 1.38. The lowest BCUT2D eigenvalue weighted by Gasteiger charge is -2.08. The lowest BCUT2D eigenvalue weighted by molar-refractivity contribution is -0.121. The molecule has 0 radical (unpaired) electrons. The minimum atomic E-state index is -0.586. The minimum Gasteiger partial charge on any atom is -0.503 e. The molecule has 0 saturated carbocycles. The van der Waals surface area contributed by atoms with Gasteiger partial charge in [-0.3, -0.25) is 9.59 Å². The number of carbonyl (C=O) groups is 1. The Morgan fingerprint density at radius 3 is 2.79 bits per heavy atom. The number of hydrogen-bond donors (Lipinski definition) is 3. The third-order valence-electron chi connectivity index (χ3n) is 2.81. The summed E-state index contributed by atoms with van der Waals surface area (Å²) in [5.74, 6) is -0.645. The van der Waals surface area contributed by atoms with Gasteiger partial charge in [-0.15, -0.1) is 0 Å². The van der Waals surface area contributed by atoms with Gasteiger partial charge in [-0.25, -0.2) is 0 Å². The molecule has 1 aromatic rings. The number of amides is 1. The van der Waals surface area contributed by atoms with Crippen LogP contribution in [0.3, 0.4) is 0 Å². The van der Waals surface area contributed by atoms with Gasteiger partial charge in [0.15, 0.2) is 5.75 Å². The van der Waals surface area contributed by atoms with Gasteiger partial charge >= 0.3 is 0 Å². The first-order valence-corrected chi connectivity index (χ1v) is 6.45. The molecule has 19 heavy (non-hydrogen) atoms. The maximum atomic E-state index is 11.5. The Morgan fingerprint density at radius 1 is 1.37 bits per heavy atom. The van der Waals surface area contributed by atoms with Crippen molar-refractivity contribution >= 4 is 5.91 Å². The molecule has 0 aliphatic rings. The maximum absolute atomic E-state index is 11.5. The fourth-order valence-corrected chi connectivity index (χ4v) is 1.68. The van der Waals surface area contributed by atoms with Gasteiger partial charge in [-0.1, -0.05) is 26.2 Å². The molecule has 106 valence electrons. The van der Waals surface area contributed by atoms with E-state index in [-0.39, 0.29) is 18.1 Å². The molecule has 0 aliphatic heterocycles. The molecular formula is C13H20N2O4. The largest absolute Gasteiger partial charge is 0.503 e. The quantitative estimate of drug-likeness (QED) is 0.514. The normalized spacial score (nSPS) is 10.4. The Kier molecular flexibility index (Phi) is 5.92. The van der Waals surface area contributed by atoms with Crippen LogP contribution in [0, 0.1) is 0 Å². The van der Waals surface area contributed by atoms with Crippen LogP contribution in [-0.4, -0.2) is 21.0 Å². The monoisotopic (exact) mass is 268 g/mol. The molecule has 6 heteroatoms.